The van der Waals surface area contributed by atoms with Crippen LogP contribution < -0.4 is 5.01 Å². The fourth-order valence-electron chi connectivity index (χ4n) is 2.56. The number of hydrogen-bond acceptors (Lipinski definition) is 4. The van der Waals surface area contributed by atoms with Gasteiger partial charge in [-0.1, -0.05) is 42.3 Å². The summed E-state index contributed by atoms with van der Waals surface area (Å²) < 4.78 is 0.657. The summed E-state index contributed by atoms with van der Waals surface area (Å²) in [5, 5.41) is 15.9. The van der Waals surface area contributed by atoms with Gasteiger partial charge in [-0.15, -0.1) is 11.3 Å². The number of thiophene rings is 1. The summed E-state index contributed by atoms with van der Waals surface area (Å²) in [5.74, 6) is -1.29. The fourth-order valence-corrected chi connectivity index (χ4v) is 4.04. The molecule has 7 heteroatoms. The summed E-state index contributed by atoms with van der Waals surface area (Å²) in [4.78, 5) is 12.4. The van der Waals surface area contributed by atoms with Gasteiger partial charge in [0.1, 0.15) is 0 Å². The zero-order valence-corrected chi connectivity index (χ0v) is 13.9. The number of carboxylic acids is 1. The molecule has 0 saturated heterocycles. The van der Waals surface area contributed by atoms with Crippen molar-refractivity contribution in [1.29, 1.82) is 0 Å². The first-order valence-corrected chi connectivity index (χ1v) is 8.17. The SMILES string of the molecule is C[C@@H]1C(C(=O)O)=NN(c2ccccc2Cl)[C@@H]1c1ccc(Cl)s1. The van der Waals surface area contributed by atoms with Crippen LogP contribution in [0.5, 0.6) is 0 Å². The van der Waals surface area contributed by atoms with Crippen LogP contribution in [0.3, 0.4) is 0 Å². The van der Waals surface area contributed by atoms with Gasteiger partial charge in [-0.3, -0.25) is 5.01 Å². The second-order valence-electron chi connectivity index (χ2n) is 4.96. The number of hydrazone groups is 1. The van der Waals surface area contributed by atoms with E-state index in [9.17, 15) is 9.90 Å². The lowest BCUT2D eigenvalue weighted by Gasteiger charge is -2.26. The Bertz CT molecular complexity index is 760. The van der Waals surface area contributed by atoms with Gasteiger partial charge in [0.05, 0.1) is 21.1 Å². The van der Waals surface area contributed by atoms with Crippen molar-refractivity contribution in [3.63, 3.8) is 0 Å². The van der Waals surface area contributed by atoms with Crippen molar-refractivity contribution < 1.29 is 9.90 Å². The first-order chi connectivity index (χ1) is 10.5. The first-order valence-electron chi connectivity index (χ1n) is 6.60. The maximum absolute atomic E-state index is 11.4. The second-order valence-corrected chi connectivity index (χ2v) is 7.12. The lowest BCUT2D eigenvalue weighted by molar-refractivity contribution is -0.129. The van der Waals surface area contributed by atoms with E-state index in [0.29, 0.717) is 15.0 Å². The van der Waals surface area contributed by atoms with E-state index in [-0.39, 0.29) is 17.7 Å². The van der Waals surface area contributed by atoms with Gasteiger partial charge >= 0.3 is 5.97 Å². The summed E-state index contributed by atoms with van der Waals surface area (Å²) in [7, 11) is 0. The molecule has 2 heterocycles. The van der Waals surface area contributed by atoms with Gasteiger partial charge in [-0.25, -0.2) is 4.79 Å². The number of carboxylic acid groups (broad SMARTS) is 1. The van der Waals surface area contributed by atoms with Gasteiger partial charge < -0.3 is 5.11 Å². The van der Waals surface area contributed by atoms with Gasteiger partial charge in [-0.2, -0.15) is 5.10 Å². The lowest BCUT2D eigenvalue weighted by atomic mass is 9.96. The zero-order chi connectivity index (χ0) is 15.9. The van der Waals surface area contributed by atoms with Crippen LogP contribution in [0, 0.1) is 5.92 Å². The zero-order valence-electron chi connectivity index (χ0n) is 11.5. The topological polar surface area (TPSA) is 52.9 Å². The number of rotatable bonds is 3. The number of anilines is 1. The van der Waals surface area contributed by atoms with E-state index in [1.54, 1.807) is 17.1 Å². The third kappa shape index (κ3) is 2.60. The number of carbonyl (C=O) groups is 1. The van der Waals surface area contributed by atoms with Gasteiger partial charge in [0.15, 0.2) is 5.71 Å². The predicted octanol–water partition coefficient (Wildman–Crippen LogP) is 4.69. The third-order valence-corrected chi connectivity index (χ3v) is 5.21. The second kappa shape index (κ2) is 5.91. The Morgan fingerprint density at radius 1 is 1.27 bits per heavy atom. The molecule has 0 saturated carbocycles. The van der Waals surface area contributed by atoms with Gasteiger partial charge in [0.25, 0.3) is 0 Å². The molecule has 0 aliphatic carbocycles. The van der Waals surface area contributed by atoms with Crippen LogP contribution in [0.2, 0.25) is 9.36 Å². The smallest absolute Gasteiger partial charge is 0.352 e. The predicted molar refractivity (Wildman–Crippen MR) is 90.2 cm³/mol. The number of halogens is 2. The molecule has 1 aromatic carbocycles. The normalized spacial score (nSPS) is 21.0. The lowest BCUT2D eigenvalue weighted by Crippen LogP contribution is -2.25. The Morgan fingerprint density at radius 3 is 2.59 bits per heavy atom. The Hall–Kier alpha value is -1.56. The molecular formula is C15H12Cl2N2O2S. The van der Waals surface area contributed by atoms with Crippen molar-refractivity contribution in [1.82, 2.24) is 0 Å². The maximum Gasteiger partial charge on any atom is 0.352 e. The molecule has 2 atom stereocenters. The van der Waals surface area contributed by atoms with Crippen molar-refractivity contribution in [2.45, 2.75) is 13.0 Å². The van der Waals surface area contributed by atoms with E-state index in [1.165, 1.54) is 11.3 Å². The quantitative estimate of drug-likeness (QED) is 0.869. The van der Waals surface area contributed by atoms with Crippen LogP contribution in [0.1, 0.15) is 17.8 Å². The molecule has 0 unspecified atom stereocenters. The van der Waals surface area contributed by atoms with Crippen LogP contribution >= 0.6 is 34.5 Å². The molecule has 0 bridgehead atoms. The maximum atomic E-state index is 11.4. The summed E-state index contributed by atoms with van der Waals surface area (Å²) in [5.41, 5.74) is 0.802. The number of para-hydroxylation sites is 1. The number of nitrogens with zero attached hydrogens (tertiary/aromatic N) is 2. The molecule has 1 N–H and O–H groups in total. The Kier molecular flexibility index (Phi) is 4.12. The van der Waals surface area contributed by atoms with Crippen LogP contribution in [0.25, 0.3) is 0 Å². The van der Waals surface area contributed by atoms with E-state index in [2.05, 4.69) is 5.10 Å². The van der Waals surface area contributed by atoms with Crippen LogP contribution in [0.4, 0.5) is 5.69 Å². The molecule has 3 rings (SSSR count). The molecule has 4 nitrogen and oxygen atoms in total. The van der Waals surface area contributed by atoms with Gasteiger partial charge in [0.2, 0.25) is 0 Å². The molecule has 0 fully saturated rings. The summed E-state index contributed by atoms with van der Waals surface area (Å²) >= 11 is 13.7. The van der Waals surface area contributed by atoms with E-state index < -0.39 is 5.97 Å². The summed E-state index contributed by atoms with van der Waals surface area (Å²) in [6, 6.07) is 10.7. The fraction of sp³-hybridized carbons (Fsp3) is 0.200. The Morgan fingerprint density at radius 2 is 2.00 bits per heavy atom. The molecular weight excluding hydrogens is 343 g/mol. The van der Waals surface area contributed by atoms with Crippen LogP contribution in [-0.2, 0) is 4.79 Å². The monoisotopic (exact) mass is 354 g/mol. The number of benzene rings is 1. The molecule has 0 spiro atoms. The first kappa shape index (κ1) is 15.3. The molecule has 0 amide bonds. The average molecular weight is 355 g/mol. The number of aliphatic carboxylic acids is 1. The molecule has 22 heavy (non-hydrogen) atoms. The van der Waals surface area contributed by atoms with Crippen LogP contribution in [-0.4, -0.2) is 16.8 Å². The van der Waals surface area contributed by atoms with Crippen molar-refractivity contribution in [3.8, 4) is 0 Å². The highest BCUT2D eigenvalue weighted by Gasteiger charge is 2.40. The third-order valence-electron chi connectivity index (χ3n) is 3.59. The van der Waals surface area contributed by atoms with Crippen molar-refractivity contribution in [2.75, 3.05) is 5.01 Å². The van der Waals surface area contributed by atoms with E-state index in [0.717, 1.165) is 4.88 Å². The van der Waals surface area contributed by atoms with Crippen LogP contribution in [0.15, 0.2) is 41.5 Å². The number of hydrogen-bond donors (Lipinski definition) is 1. The van der Waals surface area contributed by atoms with Gasteiger partial charge in [0, 0.05) is 10.8 Å². The highest BCUT2D eigenvalue weighted by atomic mass is 35.5. The highest BCUT2D eigenvalue weighted by molar-refractivity contribution is 7.16. The minimum absolute atomic E-state index is 0.120. The summed E-state index contributed by atoms with van der Waals surface area (Å²) in [6.45, 7) is 1.85. The average Bonchev–Trinajstić information content (AvgIpc) is 3.03. The Labute approximate surface area is 141 Å². The Balaban J connectivity index is 2.10. The molecule has 1 aromatic heterocycles. The van der Waals surface area contributed by atoms with E-state index in [1.807, 2.05) is 31.2 Å². The minimum Gasteiger partial charge on any atom is -0.477 e. The van der Waals surface area contributed by atoms with E-state index in [4.69, 9.17) is 23.2 Å². The molecule has 0 radical (unpaired) electrons. The largest absolute Gasteiger partial charge is 0.477 e. The van der Waals surface area contributed by atoms with E-state index >= 15 is 0 Å². The van der Waals surface area contributed by atoms with Crippen molar-refractivity contribution >= 4 is 51.9 Å². The molecule has 1 aliphatic rings. The highest BCUT2D eigenvalue weighted by Crippen LogP contribution is 2.44. The van der Waals surface area contributed by atoms with Crippen molar-refractivity contribution in [2.24, 2.45) is 11.0 Å². The molecule has 1 aliphatic heterocycles. The molecule has 114 valence electrons. The minimum atomic E-state index is -1.02. The standard InChI is InChI=1S/C15H12Cl2N2O2S/c1-8-13(15(20)21)18-19(10-5-3-2-4-9(10)16)14(8)11-6-7-12(17)22-11/h2-8,14H,1H3,(H,20,21)/t8-,14+/m1/s1. The van der Waals surface area contributed by atoms with Gasteiger partial charge in [-0.05, 0) is 24.3 Å². The van der Waals surface area contributed by atoms with Crippen molar-refractivity contribution in [3.05, 3.63) is 50.6 Å². The molecule has 2 aromatic rings. The summed E-state index contributed by atoms with van der Waals surface area (Å²) in [6.07, 6.45) is 0.